The lowest BCUT2D eigenvalue weighted by Crippen LogP contribution is -2.21. The first-order valence-corrected chi connectivity index (χ1v) is 10.4. The summed E-state index contributed by atoms with van der Waals surface area (Å²) in [5.41, 5.74) is 9.70. The molecule has 0 unspecified atom stereocenters. The van der Waals surface area contributed by atoms with E-state index in [1.807, 2.05) is 42.6 Å². The number of nitrogens with two attached hydrogens (primary N) is 1. The fourth-order valence-electron chi connectivity index (χ4n) is 3.76. The number of aromatic nitrogens is 6. The average Bonchev–Trinajstić information content (AvgIpc) is 3.42. The highest BCUT2D eigenvalue weighted by Crippen LogP contribution is 2.31. The zero-order chi connectivity index (χ0) is 21.9. The van der Waals surface area contributed by atoms with Gasteiger partial charge in [0.05, 0.1) is 28.4 Å². The smallest absolute Gasteiger partial charge is 0.323 e. The van der Waals surface area contributed by atoms with Crippen LogP contribution in [-0.4, -0.2) is 43.2 Å². The molecule has 0 aliphatic heterocycles. The summed E-state index contributed by atoms with van der Waals surface area (Å²) in [7, 11) is 0. The molecule has 0 spiro atoms. The van der Waals surface area contributed by atoms with E-state index in [0.29, 0.717) is 18.0 Å². The highest BCUT2D eigenvalue weighted by molar-refractivity contribution is 5.93. The zero-order valence-corrected chi connectivity index (χ0v) is 17.3. The first-order chi connectivity index (χ1) is 15.7. The number of hydrogen-bond acceptors (Lipinski definition) is 7. The second kappa shape index (κ2) is 8.52. The Morgan fingerprint density at radius 2 is 1.94 bits per heavy atom. The van der Waals surface area contributed by atoms with E-state index in [2.05, 4.69) is 41.4 Å². The number of benzene rings is 2. The van der Waals surface area contributed by atoms with Gasteiger partial charge in [-0.25, -0.2) is 9.78 Å². The van der Waals surface area contributed by atoms with Crippen LogP contribution >= 0.6 is 0 Å². The molecule has 2 aromatic carbocycles. The number of imidazole rings is 1. The number of nitrogens with zero attached hydrogens (tertiary/aromatic N) is 4. The van der Waals surface area contributed by atoms with Crippen LogP contribution in [0.1, 0.15) is 12.8 Å². The number of fused-ring (bicyclic) bond motifs is 2. The van der Waals surface area contributed by atoms with Gasteiger partial charge in [0, 0.05) is 23.8 Å². The minimum atomic E-state index is -0.239. The van der Waals surface area contributed by atoms with Crippen LogP contribution in [0.15, 0.2) is 59.7 Å². The molecular formula is C22H23N9O. The third-order valence-electron chi connectivity index (χ3n) is 5.28. The Kier molecular flexibility index (Phi) is 5.26. The first kappa shape index (κ1) is 19.8. The molecule has 5 aromatic rings. The summed E-state index contributed by atoms with van der Waals surface area (Å²) in [6, 6.07) is 13.5. The molecule has 6 N–H and O–H groups in total. The molecule has 0 saturated carbocycles. The number of nitrogens with one attached hydrogen (secondary N) is 4. The highest BCUT2D eigenvalue weighted by atomic mass is 16.1. The van der Waals surface area contributed by atoms with E-state index in [1.54, 1.807) is 6.20 Å². The van der Waals surface area contributed by atoms with Crippen LogP contribution in [0.5, 0.6) is 0 Å². The topological polar surface area (TPSA) is 144 Å². The molecule has 10 heteroatoms. The van der Waals surface area contributed by atoms with Gasteiger partial charge in [-0.2, -0.15) is 10.1 Å². The summed E-state index contributed by atoms with van der Waals surface area (Å²) in [5.74, 6) is 1.23. The van der Waals surface area contributed by atoms with Crippen molar-refractivity contribution in [3.05, 3.63) is 65.3 Å². The lowest BCUT2D eigenvalue weighted by Gasteiger charge is -2.25. The molecule has 0 fully saturated rings. The summed E-state index contributed by atoms with van der Waals surface area (Å²) >= 11 is 0. The van der Waals surface area contributed by atoms with Gasteiger partial charge in [0.15, 0.2) is 0 Å². The standard InChI is InChI=1S/C22H23N9O/c23-9-1-2-11-31(19-5-3-4-16-15(19)13-25-30-16)20-8-10-24-21(29-20)26-14-6-7-17-18(12-14)28-22(32)27-17/h3-8,10,12-13H,1-2,9,11,23H2,(H,25,30)(H,24,26,29)(H2,27,28,32). The highest BCUT2D eigenvalue weighted by Gasteiger charge is 2.15. The molecule has 0 radical (unpaired) electrons. The molecule has 32 heavy (non-hydrogen) atoms. The predicted molar refractivity (Wildman–Crippen MR) is 126 cm³/mol. The van der Waals surface area contributed by atoms with Crippen molar-refractivity contribution < 1.29 is 0 Å². The van der Waals surface area contributed by atoms with Crippen LogP contribution in [0, 0.1) is 0 Å². The van der Waals surface area contributed by atoms with Crippen LogP contribution in [0.3, 0.4) is 0 Å². The van der Waals surface area contributed by atoms with Gasteiger partial charge in [0.25, 0.3) is 0 Å². The van der Waals surface area contributed by atoms with Crippen LogP contribution < -0.4 is 21.6 Å². The summed E-state index contributed by atoms with van der Waals surface area (Å²) in [6.45, 7) is 1.40. The molecule has 162 valence electrons. The number of anilines is 4. The molecule has 0 amide bonds. The summed E-state index contributed by atoms with van der Waals surface area (Å²) in [5, 5.41) is 11.5. The third-order valence-corrected chi connectivity index (χ3v) is 5.28. The fraction of sp³-hybridized carbons (Fsp3) is 0.182. The van der Waals surface area contributed by atoms with E-state index in [9.17, 15) is 4.79 Å². The zero-order valence-electron chi connectivity index (χ0n) is 17.3. The minimum Gasteiger partial charge on any atom is -0.330 e. The van der Waals surface area contributed by atoms with Crippen molar-refractivity contribution in [1.82, 2.24) is 30.1 Å². The number of hydrogen-bond donors (Lipinski definition) is 5. The minimum absolute atomic E-state index is 0.239. The molecular weight excluding hydrogens is 406 g/mol. The SMILES string of the molecule is NCCCCN(c1ccnc(Nc2ccc3[nH]c(=O)[nH]c3c2)n1)c1cccc2[nH]ncc12. The Morgan fingerprint density at radius 1 is 1.03 bits per heavy atom. The summed E-state index contributed by atoms with van der Waals surface area (Å²) in [4.78, 5) is 28.3. The summed E-state index contributed by atoms with van der Waals surface area (Å²) < 4.78 is 0. The molecule has 3 heterocycles. The maximum absolute atomic E-state index is 11.5. The van der Waals surface area contributed by atoms with E-state index in [-0.39, 0.29) is 5.69 Å². The van der Waals surface area contributed by atoms with Gasteiger partial charge in [0.2, 0.25) is 5.95 Å². The van der Waals surface area contributed by atoms with Gasteiger partial charge in [-0.1, -0.05) is 6.07 Å². The van der Waals surface area contributed by atoms with E-state index >= 15 is 0 Å². The van der Waals surface area contributed by atoms with Gasteiger partial charge >= 0.3 is 5.69 Å². The van der Waals surface area contributed by atoms with Crippen molar-refractivity contribution in [2.75, 3.05) is 23.3 Å². The molecule has 5 rings (SSSR count). The Labute approximate surface area is 182 Å². The van der Waals surface area contributed by atoms with Gasteiger partial charge < -0.3 is 25.9 Å². The molecule has 0 aliphatic rings. The molecule has 0 aliphatic carbocycles. The molecule has 10 nitrogen and oxygen atoms in total. The van der Waals surface area contributed by atoms with Crippen LogP contribution in [0.25, 0.3) is 21.9 Å². The van der Waals surface area contributed by atoms with Crippen LogP contribution in [-0.2, 0) is 0 Å². The quantitative estimate of drug-likeness (QED) is 0.238. The Morgan fingerprint density at radius 3 is 2.84 bits per heavy atom. The lowest BCUT2D eigenvalue weighted by molar-refractivity contribution is 0.738. The van der Waals surface area contributed by atoms with Gasteiger partial charge in [0.1, 0.15) is 5.82 Å². The number of aromatic amines is 3. The maximum Gasteiger partial charge on any atom is 0.323 e. The maximum atomic E-state index is 11.5. The number of H-pyrrole nitrogens is 3. The Balaban J connectivity index is 1.48. The van der Waals surface area contributed by atoms with E-state index in [0.717, 1.165) is 53.0 Å². The monoisotopic (exact) mass is 429 g/mol. The Bertz CT molecular complexity index is 1420. The largest absolute Gasteiger partial charge is 0.330 e. The van der Waals surface area contributed by atoms with Crippen LogP contribution in [0.4, 0.5) is 23.1 Å². The van der Waals surface area contributed by atoms with Crippen molar-refractivity contribution in [1.29, 1.82) is 0 Å². The van der Waals surface area contributed by atoms with E-state index < -0.39 is 0 Å². The Hall–Kier alpha value is -4.18. The molecule has 0 saturated heterocycles. The fourth-order valence-corrected chi connectivity index (χ4v) is 3.76. The van der Waals surface area contributed by atoms with Gasteiger partial charge in [-0.3, -0.25) is 5.10 Å². The molecule has 0 atom stereocenters. The normalized spacial score (nSPS) is 11.3. The second-order valence-corrected chi connectivity index (χ2v) is 7.46. The first-order valence-electron chi connectivity index (χ1n) is 10.4. The van der Waals surface area contributed by atoms with E-state index in [1.165, 1.54) is 0 Å². The predicted octanol–water partition coefficient (Wildman–Crippen LogP) is 3.14. The van der Waals surface area contributed by atoms with Crippen LogP contribution in [0.2, 0.25) is 0 Å². The van der Waals surface area contributed by atoms with Gasteiger partial charge in [-0.15, -0.1) is 0 Å². The summed E-state index contributed by atoms with van der Waals surface area (Å²) in [6.07, 6.45) is 5.40. The van der Waals surface area contributed by atoms with Crippen molar-refractivity contribution >= 4 is 45.1 Å². The van der Waals surface area contributed by atoms with Crippen molar-refractivity contribution in [2.45, 2.75) is 12.8 Å². The van der Waals surface area contributed by atoms with Crippen molar-refractivity contribution in [3.63, 3.8) is 0 Å². The van der Waals surface area contributed by atoms with E-state index in [4.69, 9.17) is 10.7 Å². The number of rotatable bonds is 8. The number of unbranched alkanes of at least 4 members (excludes halogenated alkanes) is 1. The van der Waals surface area contributed by atoms with Crippen molar-refractivity contribution in [3.8, 4) is 0 Å². The average molecular weight is 429 g/mol. The van der Waals surface area contributed by atoms with Crippen molar-refractivity contribution in [2.24, 2.45) is 5.73 Å². The lowest BCUT2D eigenvalue weighted by atomic mass is 10.2. The third kappa shape index (κ3) is 3.91. The van der Waals surface area contributed by atoms with Gasteiger partial charge in [-0.05, 0) is 55.8 Å². The second-order valence-electron chi connectivity index (χ2n) is 7.46. The molecule has 0 bridgehead atoms. The molecule has 3 aromatic heterocycles.